The molecule has 1 saturated carbocycles. The zero-order chi connectivity index (χ0) is 34.1. The smallest absolute Gasteiger partial charge is 0.0532 e. The van der Waals surface area contributed by atoms with Crippen molar-refractivity contribution in [1.29, 1.82) is 0 Å². The Morgan fingerprint density at radius 1 is 0.702 bits per heavy atom. The Bertz CT molecular complexity index is 1870. The van der Waals surface area contributed by atoms with Gasteiger partial charge in [-0.3, -0.25) is 0 Å². The van der Waals surface area contributed by atoms with E-state index in [2.05, 4.69) is 184 Å². The van der Waals surface area contributed by atoms with Gasteiger partial charge in [0.15, 0.2) is 0 Å². The molecule has 0 saturated heterocycles. The predicted octanol–water partition coefficient (Wildman–Crippen LogP) is 8.72. The summed E-state index contributed by atoms with van der Waals surface area (Å²) in [6.07, 6.45) is 11.3. The Balaban J connectivity index is 0.000000199. The van der Waals surface area contributed by atoms with Crippen LogP contribution in [-0.2, 0) is 6.54 Å². The highest BCUT2D eigenvalue weighted by atomic mass is 15.2. The van der Waals surface area contributed by atoms with E-state index in [-0.39, 0.29) is 5.54 Å². The molecule has 1 aliphatic heterocycles. The normalized spacial score (nSPS) is 17.5. The minimum Gasteiger partial charge on any atom is -0.361 e. The van der Waals surface area contributed by atoms with Crippen molar-refractivity contribution in [2.45, 2.75) is 92.7 Å². The first-order valence-electron chi connectivity index (χ1n) is 16.3. The maximum absolute atomic E-state index is 4.86. The van der Waals surface area contributed by atoms with Crippen LogP contribution >= 0.6 is 0 Å². The fourth-order valence-electron chi connectivity index (χ4n) is 5.95. The van der Waals surface area contributed by atoms with E-state index >= 15 is 0 Å². The summed E-state index contributed by atoms with van der Waals surface area (Å²) in [4.78, 5) is 2.44. The second kappa shape index (κ2) is 18.0. The SMILES string of the molecule is C#CC#CC#CC#CC#CC#CC.CC(C)(C)CC1[C@H]2CCC#CCC[C@@H]12.CC(C)(C)N1Cc2ccccc2C#Cc2ccccc21. The van der Waals surface area contributed by atoms with Crippen molar-refractivity contribution < 1.29 is 0 Å². The van der Waals surface area contributed by atoms with Gasteiger partial charge in [-0.05, 0) is 153 Å². The zero-order valence-corrected chi connectivity index (χ0v) is 29.1. The van der Waals surface area contributed by atoms with Crippen molar-refractivity contribution in [1.82, 2.24) is 0 Å². The van der Waals surface area contributed by atoms with Crippen molar-refractivity contribution in [3.8, 4) is 95.2 Å². The van der Waals surface area contributed by atoms with E-state index in [1.165, 1.54) is 30.5 Å². The summed E-state index contributed by atoms with van der Waals surface area (Å²) in [6, 6.07) is 16.9. The van der Waals surface area contributed by atoms with Crippen LogP contribution in [-0.4, -0.2) is 5.54 Å². The third-order valence-electron chi connectivity index (χ3n) is 8.07. The van der Waals surface area contributed by atoms with Crippen LogP contribution in [0.1, 0.15) is 97.3 Å². The summed E-state index contributed by atoms with van der Waals surface area (Å²) in [6.45, 7) is 16.5. The van der Waals surface area contributed by atoms with Gasteiger partial charge in [-0.2, -0.15) is 0 Å². The van der Waals surface area contributed by atoms with Gasteiger partial charge in [0.1, 0.15) is 0 Å². The van der Waals surface area contributed by atoms with Crippen LogP contribution in [0.25, 0.3) is 0 Å². The van der Waals surface area contributed by atoms with E-state index in [1.807, 2.05) is 0 Å². The largest absolute Gasteiger partial charge is 0.361 e. The molecule has 1 heteroatoms. The van der Waals surface area contributed by atoms with Crippen LogP contribution in [0.2, 0.25) is 0 Å². The zero-order valence-electron chi connectivity index (χ0n) is 29.1. The first-order valence-corrected chi connectivity index (χ1v) is 16.3. The topological polar surface area (TPSA) is 3.24 Å². The number of nitrogens with zero attached hydrogens (tertiary/aromatic N) is 1. The van der Waals surface area contributed by atoms with Gasteiger partial charge in [0, 0.05) is 36.1 Å². The first-order chi connectivity index (χ1) is 22.5. The molecule has 0 N–H and O–H groups in total. The molecule has 2 aliphatic carbocycles. The average molecular weight is 612 g/mol. The minimum atomic E-state index is 0.0578. The molecule has 1 fully saturated rings. The van der Waals surface area contributed by atoms with Gasteiger partial charge in [-0.25, -0.2) is 0 Å². The molecule has 0 bridgehead atoms. The lowest BCUT2D eigenvalue weighted by Gasteiger charge is -2.39. The van der Waals surface area contributed by atoms with E-state index in [0.717, 1.165) is 48.3 Å². The van der Waals surface area contributed by atoms with Gasteiger partial charge in [0.2, 0.25) is 0 Å². The number of terminal acetylenes is 1. The summed E-state index contributed by atoms with van der Waals surface area (Å²) in [5.74, 6) is 43.2. The van der Waals surface area contributed by atoms with E-state index in [4.69, 9.17) is 6.42 Å². The monoisotopic (exact) mass is 611 g/mol. The maximum atomic E-state index is 4.86. The number of rotatable bonds is 1. The lowest BCUT2D eigenvalue weighted by atomic mass is 9.88. The van der Waals surface area contributed by atoms with E-state index in [0.29, 0.717) is 5.41 Å². The molecule has 0 amide bonds. The molecule has 1 nitrogen and oxygen atoms in total. The molecule has 1 heterocycles. The van der Waals surface area contributed by atoms with Gasteiger partial charge in [-0.15, -0.1) is 18.3 Å². The molecule has 234 valence electrons. The second-order valence-electron chi connectivity index (χ2n) is 13.9. The Morgan fingerprint density at radius 3 is 1.77 bits per heavy atom. The fraction of sp³-hybridized carbons (Fsp3) is 0.391. The molecule has 0 aromatic heterocycles. The number of para-hydroxylation sites is 1. The summed E-state index contributed by atoms with van der Waals surface area (Å²) >= 11 is 0. The third-order valence-corrected chi connectivity index (χ3v) is 8.07. The Labute approximate surface area is 286 Å². The molecule has 1 unspecified atom stereocenters. The number of hydrogen-bond donors (Lipinski definition) is 0. The average Bonchev–Trinajstić information content (AvgIpc) is 3.63. The van der Waals surface area contributed by atoms with Crippen molar-refractivity contribution in [3.05, 3.63) is 65.2 Å². The minimum absolute atomic E-state index is 0.0578. The maximum Gasteiger partial charge on any atom is 0.0532 e. The Hall–Kier alpha value is -5.28. The van der Waals surface area contributed by atoms with E-state index < -0.39 is 0 Å². The van der Waals surface area contributed by atoms with Crippen LogP contribution in [0.3, 0.4) is 0 Å². The molecule has 47 heavy (non-hydrogen) atoms. The van der Waals surface area contributed by atoms with Gasteiger partial charge in [0.25, 0.3) is 0 Å². The third kappa shape index (κ3) is 12.6. The number of benzene rings is 2. The fourth-order valence-corrected chi connectivity index (χ4v) is 5.95. The summed E-state index contributed by atoms with van der Waals surface area (Å²) in [5, 5.41) is 0. The highest BCUT2D eigenvalue weighted by molar-refractivity contribution is 5.65. The van der Waals surface area contributed by atoms with Gasteiger partial charge >= 0.3 is 0 Å². The van der Waals surface area contributed by atoms with Crippen LogP contribution in [0.15, 0.2) is 48.5 Å². The quantitative estimate of drug-likeness (QED) is 0.292. The summed E-state index contributed by atoms with van der Waals surface area (Å²) in [7, 11) is 0. The van der Waals surface area contributed by atoms with Gasteiger partial charge < -0.3 is 4.90 Å². The second-order valence-corrected chi connectivity index (χ2v) is 13.9. The van der Waals surface area contributed by atoms with Crippen molar-refractivity contribution in [3.63, 3.8) is 0 Å². The molecule has 2 aromatic rings. The number of anilines is 1. The van der Waals surface area contributed by atoms with Gasteiger partial charge in [0.05, 0.1) is 5.69 Å². The first kappa shape index (κ1) is 36.2. The van der Waals surface area contributed by atoms with Crippen LogP contribution in [0.4, 0.5) is 5.69 Å². The molecular weight excluding hydrogens is 567 g/mol. The van der Waals surface area contributed by atoms with E-state index in [9.17, 15) is 0 Å². The Kier molecular flexibility index (Phi) is 13.9. The molecule has 3 atom stereocenters. The summed E-state index contributed by atoms with van der Waals surface area (Å²) in [5.41, 5.74) is 5.34. The number of fused-ring (bicyclic) bond motifs is 3. The van der Waals surface area contributed by atoms with Crippen LogP contribution in [0.5, 0.6) is 0 Å². The van der Waals surface area contributed by atoms with E-state index in [1.54, 1.807) is 6.92 Å². The molecule has 0 radical (unpaired) electrons. The van der Waals surface area contributed by atoms with Crippen molar-refractivity contribution in [2.75, 3.05) is 4.90 Å². The van der Waals surface area contributed by atoms with Crippen LogP contribution in [0, 0.1) is 118 Å². The predicted molar refractivity (Wildman–Crippen MR) is 199 cm³/mol. The molecule has 3 aliphatic rings. The van der Waals surface area contributed by atoms with Crippen molar-refractivity contribution >= 4 is 5.69 Å². The van der Waals surface area contributed by atoms with Crippen LogP contribution < -0.4 is 4.90 Å². The lowest BCUT2D eigenvalue weighted by molar-refractivity contribution is 0.336. The van der Waals surface area contributed by atoms with Crippen molar-refractivity contribution in [2.24, 2.45) is 23.2 Å². The highest BCUT2D eigenvalue weighted by Crippen LogP contribution is 2.56. The Morgan fingerprint density at radius 2 is 1.21 bits per heavy atom. The molecule has 2 aromatic carbocycles. The summed E-state index contributed by atoms with van der Waals surface area (Å²) < 4.78 is 0. The molecule has 0 spiro atoms. The number of hydrogen-bond acceptors (Lipinski definition) is 1. The molecular formula is C46H45N. The lowest BCUT2D eigenvalue weighted by Crippen LogP contribution is -2.41. The highest BCUT2D eigenvalue weighted by Gasteiger charge is 2.49. The standard InChI is InChI=1S/C19H19N.C14H22.C13H4/c1-19(2,3)20-14-17-10-5-4-8-15(17)12-13-16-9-6-7-11-18(16)20;1-14(2,3)10-13-11-8-6-4-5-7-9-12(11)13;1-3-5-7-9-11-13-12-10-8-6-4-2/h4-11H,14H2,1-3H3;11-13H,6-10H2,1-3H3;1H,2H3/t;11-,12+,13?;. The molecule has 5 rings (SSSR count). The van der Waals surface area contributed by atoms with Gasteiger partial charge in [-0.1, -0.05) is 68.9 Å².